The van der Waals surface area contributed by atoms with Crippen LogP contribution in [0.1, 0.15) is 21.6 Å². The zero-order chi connectivity index (χ0) is 21.0. The first-order chi connectivity index (χ1) is 13.8. The highest BCUT2D eigenvalue weighted by Crippen LogP contribution is 2.30. The molecule has 0 aliphatic carbocycles. The number of para-hydroxylation sites is 1. The molecule has 0 aliphatic heterocycles. The second-order valence-corrected chi connectivity index (χ2v) is 6.03. The Morgan fingerprint density at radius 3 is 2.48 bits per heavy atom. The first-order valence-electron chi connectivity index (χ1n) is 8.55. The van der Waals surface area contributed by atoms with Gasteiger partial charge in [-0.3, -0.25) is 4.79 Å². The van der Waals surface area contributed by atoms with Gasteiger partial charge in [-0.25, -0.2) is 4.68 Å². The van der Waals surface area contributed by atoms with Gasteiger partial charge in [0.15, 0.2) is 11.4 Å². The Labute approximate surface area is 164 Å². The van der Waals surface area contributed by atoms with Gasteiger partial charge in [0.2, 0.25) is 0 Å². The number of methoxy groups -OCH3 is 2. The van der Waals surface area contributed by atoms with E-state index in [-0.39, 0.29) is 23.7 Å². The molecule has 9 heteroatoms. The van der Waals surface area contributed by atoms with Crippen LogP contribution in [0.3, 0.4) is 0 Å². The number of nitrogens with zero attached hydrogens (tertiary/aromatic N) is 2. The van der Waals surface area contributed by atoms with Crippen molar-refractivity contribution in [2.24, 2.45) is 0 Å². The second kappa shape index (κ2) is 8.26. The van der Waals surface area contributed by atoms with Gasteiger partial charge in [0.05, 0.1) is 31.7 Å². The summed E-state index contributed by atoms with van der Waals surface area (Å²) in [6.45, 7) is 0.183. The molecule has 1 N–H and O–H groups in total. The molecule has 0 spiro atoms. The van der Waals surface area contributed by atoms with Gasteiger partial charge in [-0.05, 0) is 24.3 Å². The topological polar surface area (TPSA) is 65.4 Å². The van der Waals surface area contributed by atoms with E-state index in [1.165, 1.54) is 37.2 Å². The zero-order valence-corrected chi connectivity index (χ0v) is 15.7. The highest BCUT2D eigenvalue weighted by molar-refractivity contribution is 5.95. The molecule has 0 radical (unpaired) electrons. The fourth-order valence-corrected chi connectivity index (χ4v) is 2.73. The van der Waals surface area contributed by atoms with Crippen LogP contribution in [0.25, 0.3) is 5.69 Å². The van der Waals surface area contributed by atoms with Gasteiger partial charge < -0.3 is 14.8 Å². The molecule has 3 aromatic rings. The van der Waals surface area contributed by atoms with Crippen molar-refractivity contribution in [3.05, 3.63) is 71.5 Å². The summed E-state index contributed by atoms with van der Waals surface area (Å²) in [6, 6.07) is 11.8. The summed E-state index contributed by atoms with van der Waals surface area (Å²) in [5.74, 6) is 0.229. The van der Waals surface area contributed by atoms with Crippen LogP contribution in [0.4, 0.5) is 13.2 Å². The van der Waals surface area contributed by atoms with Gasteiger partial charge in [-0.15, -0.1) is 0 Å². The Morgan fingerprint density at radius 1 is 1.07 bits per heavy atom. The summed E-state index contributed by atoms with van der Waals surface area (Å²) in [7, 11) is 2.88. The van der Waals surface area contributed by atoms with Crippen molar-refractivity contribution in [1.82, 2.24) is 15.1 Å². The number of carbonyl (C=O) groups excluding carboxylic acids is 1. The molecule has 0 unspecified atom stereocenters. The van der Waals surface area contributed by atoms with Crippen LogP contribution < -0.4 is 14.8 Å². The second-order valence-electron chi connectivity index (χ2n) is 6.03. The van der Waals surface area contributed by atoms with E-state index in [1.54, 1.807) is 12.1 Å². The first kappa shape index (κ1) is 20.2. The molecule has 1 amide bonds. The third kappa shape index (κ3) is 4.50. The maximum absolute atomic E-state index is 13.0. The highest BCUT2D eigenvalue weighted by Gasteiger charge is 2.30. The molecule has 3 rings (SSSR count). The molecule has 0 aliphatic rings. The number of benzene rings is 2. The normalized spacial score (nSPS) is 11.2. The molecule has 0 saturated heterocycles. The van der Waals surface area contributed by atoms with E-state index in [4.69, 9.17) is 9.47 Å². The molecular formula is C20H18F3N3O3. The molecule has 6 nitrogen and oxygen atoms in total. The monoisotopic (exact) mass is 405 g/mol. The summed E-state index contributed by atoms with van der Waals surface area (Å²) in [4.78, 5) is 12.6. The van der Waals surface area contributed by atoms with Gasteiger partial charge in [-0.2, -0.15) is 18.3 Å². The van der Waals surface area contributed by atoms with E-state index in [1.807, 2.05) is 12.1 Å². The summed E-state index contributed by atoms with van der Waals surface area (Å²) in [5.41, 5.74) is 0.0629. The third-order valence-corrected chi connectivity index (χ3v) is 4.19. The van der Waals surface area contributed by atoms with E-state index in [0.717, 1.165) is 17.7 Å². The number of aromatic nitrogens is 2. The summed E-state index contributed by atoms with van der Waals surface area (Å²) in [6.07, 6.45) is -3.13. The Hall–Kier alpha value is -3.49. The predicted molar refractivity (Wildman–Crippen MR) is 99.3 cm³/mol. The maximum atomic E-state index is 13.0. The van der Waals surface area contributed by atoms with Crippen molar-refractivity contribution in [3.8, 4) is 17.2 Å². The Morgan fingerprint density at radius 2 is 1.79 bits per heavy atom. The Kier molecular flexibility index (Phi) is 5.76. The van der Waals surface area contributed by atoms with Gasteiger partial charge in [0.25, 0.3) is 5.91 Å². The lowest BCUT2D eigenvalue weighted by molar-refractivity contribution is -0.137. The molecule has 1 heterocycles. The molecule has 2 aromatic carbocycles. The number of ether oxygens (including phenoxy) is 2. The quantitative estimate of drug-likeness (QED) is 0.677. The number of halogens is 3. The smallest absolute Gasteiger partial charge is 0.416 e. The zero-order valence-electron chi connectivity index (χ0n) is 15.7. The lowest BCUT2D eigenvalue weighted by Crippen LogP contribution is -2.24. The van der Waals surface area contributed by atoms with Gasteiger partial charge in [0.1, 0.15) is 5.75 Å². The van der Waals surface area contributed by atoms with E-state index >= 15 is 0 Å². The third-order valence-electron chi connectivity index (χ3n) is 4.19. The minimum absolute atomic E-state index is 0.0418. The molecule has 152 valence electrons. The number of alkyl halides is 3. The molecule has 0 bridgehead atoms. The van der Waals surface area contributed by atoms with Crippen LogP contribution in [0.2, 0.25) is 0 Å². The number of carbonyl (C=O) groups is 1. The van der Waals surface area contributed by atoms with Crippen molar-refractivity contribution >= 4 is 5.91 Å². The van der Waals surface area contributed by atoms with Crippen LogP contribution in [-0.4, -0.2) is 29.9 Å². The average molecular weight is 405 g/mol. The fraction of sp³-hybridized carbons (Fsp3) is 0.200. The lowest BCUT2D eigenvalue weighted by Gasteiger charge is -2.09. The van der Waals surface area contributed by atoms with Crippen molar-refractivity contribution in [3.63, 3.8) is 0 Å². The van der Waals surface area contributed by atoms with Crippen LogP contribution >= 0.6 is 0 Å². The fourth-order valence-electron chi connectivity index (χ4n) is 2.73. The first-order valence-corrected chi connectivity index (χ1v) is 8.55. The number of amides is 1. The minimum atomic E-state index is -4.48. The van der Waals surface area contributed by atoms with Crippen molar-refractivity contribution in [1.29, 1.82) is 0 Å². The van der Waals surface area contributed by atoms with Crippen molar-refractivity contribution in [2.75, 3.05) is 14.2 Å². The van der Waals surface area contributed by atoms with Gasteiger partial charge >= 0.3 is 6.18 Å². The highest BCUT2D eigenvalue weighted by atomic mass is 19.4. The van der Waals surface area contributed by atoms with Gasteiger partial charge in [0, 0.05) is 12.1 Å². The molecule has 29 heavy (non-hydrogen) atoms. The summed E-state index contributed by atoms with van der Waals surface area (Å²) < 4.78 is 50.5. The number of rotatable bonds is 6. The minimum Gasteiger partial charge on any atom is -0.496 e. The van der Waals surface area contributed by atoms with Crippen molar-refractivity contribution < 1.29 is 27.4 Å². The molecule has 0 atom stereocenters. The van der Waals surface area contributed by atoms with Crippen LogP contribution in [0.15, 0.2) is 54.7 Å². The maximum Gasteiger partial charge on any atom is 0.416 e. The molecule has 0 fully saturated rings. The van der Waals surface area contributed by atoms with Crippen LogP contribution in [-0.2, 0) is 12.7 Å². The molecule has 1 aromatic heterocycles. The van der Waals surface area contributed by atoms with E-state index in [2.05, 4.69) is 10.4 Å². The Bertz CT molecular complexity index is 1020. The van der Waals surface area contributed by atoms with Crippen LogP contribution in [0, 0.1) is 0 Å². The standard InChI is InChI=1S/C20H18F3N3O3/c1-28-16-9-4-3-6-13(16)11-24-19(27)18-17(29-2)12-26(25-18)15-8-5-7-14(10-15)20(21,22)23/h3-10,12H,11H2,1-2H3,(H,24,27). The average Bonchev–Trinajstić information content (AvgIpc) is 3.16. The number of nitrogens with one attached hydrogen (secondary N) is 1. The summed E-state index contributed by atoms with van der Waals surface area (Å²) >= 11 is 0. The SMILES string of the molecule is COc1ccccc1CNC(=O)c1nn(-c2cccc(C(F)(F)F)c2)cc1OC. The Balaban J connectivity index is 1.84. The van der Waals surface area contributed by atoms with E-state index in [9.17, 15) is 18.0 Å². The number of hydrogen-bond donors (Lipinski definition) is 1. The largest absolute Gasteiger partial charge is 0.496 e. The van der Waals surface area contributed by atoms with Crippen LogP contribution in [0.5, 0.6) is 11.5 Å². The predicted octanol–water partition coefficient (Wildman–Crippen LogP) is 3.84. The summed E-state index contributed by atoms with van der Waals surface area (Å²) in [5, 5.41) is 6.82. The van der Waals surface area contributed by atoms with E-state index < -0.39 is 17.6 Å². The molecule has 0 saturated carbocycles. The number of hydrogen-bond acceptors (Lipinski definition) is 4. The van der Waals surface area contributed by atoms with Crippen molar-refractivity contribution in [2.45, 2.75) is 12.7 Å². The van der Waals surface area contributed by atoms with E-state index in [0.29, 0.717) is 5.75 Å². The molecular weight excluding hydrogens is 387 g/mol. The van der Waals surface area contributed by atoms with Gasteiger partial charge in [-0.1, -0.05) is 24.3 Å². The lowest BCUT2D eigenvalue weighted by atomic mass is 10.2.